The van der Waals surface area contributed by atoms with Gasteiger partial charge in [0.2, 0.25) is 5.95 Å². The molecule has 0 saturated heterocycles. The average molecular weight is 415 g/mol. The van der Waals surface area contributed by atoms with Crippen molar-refractivity contribution < 1.29 is 27.1 Å². The molecule has 0 saturated carbocycles. The molecule has 0 aliphatic carbocycles. The zero-order valence-electron chi connectivity index (χ0n) is 15.5. The molecule has 2 heterocycles. The second-order valence-corrected chi connectivity index (χ2v) is 6.45. The van der Waals surface area contributed by atoms with E-state index in [-0.39, 0.29) is 24.6 Å². The summed E-state index contributed by atoms with van der Waals surface area (Å²) in [7, 11) is 0. The fraction of sp³-hybridized carbons (Fsp3) is 0.143. The first-order valence-electron chi connectivity index (χ1n) is 8.98. The number of imidazole rings is 1. The van der Waals surface area contributed by atoms with Gasteiger partial charge in [-0.3, -0.25) is 10.1 Å². The normalized spacial score (nSPS) is 11.6. The number of anilines is 1. The quantitative estimate of drug-likeness (QED) is 0.495. The van der Waals surface area contributed by atoms with Crippen LogP contribution in [0.25, 0.3) is 11.0 Å². The van der Waals surface area contributed by atoms with Gasteiger partial charge < -0.3 is 13.7 Å². The topological polar surface area (TPSA) is 69.3 Å². The van der Waals surface area contributed by atoms with E-state index in [0.29, 0.717) is 17.0 Å². The summed E-state index contributed by atoms with van der Waals surface area (Å²) in [5, 5.41) is 2.61. The molecule has 154 valence electrons. The maximum absolute atomic E-state index is 13.1. The van der Waals surface area contributed by atoms with Crippen LogP contribution in [0.2, 0.25) is 0 Å². The molecule has 0 unspecified atom stereocenters. The Morgan fingerprint density at radius 2 is 1.90 bits per heavy atom. The summed E-state index contributed by atoms with van der Waals surface area (Å²) in [4.78, 5) is 16.5. The molecule has 0 spiro atoms. The fourth-order valence-electron chi connectivity index (χ4n) is 2.95. The Labute approximate surface area is 168 Å². The van der Waals surface area contributed by atoms with Crippen LogP contribution in [0.4, 0.5) is 19.1 Å². The molecule has 4 aromatic rings. The number of carbonyl (C=O) groups is 1. The van der Waals surface area contributed by atoms with Crippen molar-refractivity contribution in [3.8, 4) is 5.75 Å². The maximum atomic E-state index is 13.1. The molecular formula is C21H16F3N3O3. The molecule has 2 aromatic carbocycles. The van der Waals surface area contributed by atoms with Gasteiger partial charge >= 0.3 is 6.18 Å². The lowest BCUT2D eigenvalue weighted by Crippen LogP contribution is -2.22. The lowest BCUT2D eigenvalue weighted by molar-refractivity contribution is -0.137. The highest BCUT2D eigenvalue weighted by atomic mass is 19.4. The van der Waals surface area contributed by atoms with Crippen LogP contribution in [0.3, 0.4) is 0 Å². The smallest absolute Gasteiger partial charge is 0.416 e. The molecule has 0 aliphatic heterocycles. The molecule has 30 heavy (non-hydrogen) atoms. The Hall–Kier alpha value is -3.75. The number of hydrogen-bond donors (Lipinski definition) is 1. The van der Waals surface area contributed by atoms with Crippen LogP contribution in [0.1, 0.15) is 11.3 Å². The van der Waals surface area contributed by atoms with Crippen LogP contribution in [-0.4, -0.2) is 22.1 Å². The summed E-state index contributed by atoms with van der Waals surface area (Å²) in [6.45, 7) is -0.0915. The molecule has 4 rings (SSSR count). The van der Waals surface area contributed by atoms with Crippen LogP contribution >= 0.6 is 0 Å². The van der Waals surface area contributed by atoms with Crippen molar-refractivity contribution in [2.24, 2.45) is 0 Å². The van der Waals surface area contributed by atoms with Crippen molar-refractivity contribution >= 4 is 22.9 Å². The highest BCUT2D eigenvalue weighted by Gasteiger charge is 2.31. The molecule has 6 nitrogen and oxygen atoms in total. The van der Waals surface area contributed by atoms with E-state index in [4.69, 9.17) is 9.15 Å². The predicted molar refractivity (Wildman–Crippen MR) is 103 cm³/mol. The second-order valence-electron chi connectivity index (χ2n) is 6.45. The largest absolute Gasteiger partial charge is 0.484 e. The average Bonchev–Trinajstić information content (AvgIpc) is 3.35. The number of nitrogens with one attached hydrogen (secondary N) is 1. The molecule has 0 atom stereocenters. The third-order valence-electron chi connectivity index (χ3n) is 4.33. The Kier molecular flexibility index (Phi) is 5.18. The van der Waals surface area contributed by atoms with Gasteiger partial charge in [-0.2, -0.15) is 13.2 Å². The van der Waals surface area contributed by atoms with E-state index < -0.39 is 17.6 Å². The molecule has 0 bridgehead atoms. The maximum Gasteiger partial charge on any atom is 0.416 e. The number of benzene rings is 2. The Bertz CT molecular complexity index is 1150. The standard InChI is InChI=1S/C21H16F3N3O3/c22-21(23,24)14-8-9-18-17(11-14)25-20(27(18)12-16-7-4-10-29-16)26-19(28)13-30-15-5-2-1-3-6-15/h1-11H,12-13H2,(H,25,26,28). The number of fused-ring (bicyclic) bond motifs is 1. The number of furan rings is 1. The van der Waals surface area contributed by atoms with Crippen molar-refractivity contribution in [1.82, 2.24) is 9.55 Å². The van der Waals surface area contributed by atoms with Crippen LogP contribution in [0, 0.1) is 0 Å². The first-order chi connectivity index (χ1) is 14.4. The van der Waals surface area contributed by atoms with Gasteiger partial charge in [0.25, 0.3) is 5.91 Å². The molecule has 9 heteroatoms. The molecule has 2 aromatic heterocycles. The first kappa shape index (κ1) is 19.6. The molecule has 1 N–H and O–H groups in total. The van der Waals surface area contributed by atoms with Crippen LogP contribution in [0.5, 0.6) is 5.75 Å². The third kappa shape index (κ3) is 4.29. The van der Waals surface area contributed by atoms with Crippen molar-refractivity contribution in [3.63, 3.8) is 0 Å². The second kappa shape index (κ2) is 7.94. The lowest BCUT2D eigenvalue weighted by atomic mass is 10.2. The van der Waals surface area contributed by atoms with E-state index in [2.05, 4.69) is 10.3 Å². The molecule has 1 amide bonds. The van der Waals surface area contributed by atoms with Crippen molar-refractivity contribution in [2.45, 2.75) is 12.7 Å². The van der Waals surface area contributed by atoms with Crippen LogP contribution < -0.4 is 10.1 Å². The number of hydrogen-bond acceptors (Lipinski definition) is 4. The summed E-state index contributed by atoms with van der Waals surface area (Å²) in [5.74, 6) is 0.685. The summed E-state index contributed by atoms with van der Waals surface area (Å²) >= 11 is 0. The number of alkyl halides is 3. The lowest BCUT2D eigenvalue weighted by Gasteiger charge is -2.10. The Balaban J connectivity index is 1.62. The van der Waals surface area contributed by atoms with Gasteiger partial charge in [0.1, 0.15) is 11.5 Å². The van der Waals surface area contributed by atoms with Gasteiger partial charge in [-0.15, -0.1) is 0 Å². The summed E-state index contributed by atoms with van der Waals surface area (Å²) in [6, 6.07) is 15.4. The number of halogens is 3. The minimum atomic E-state index is -4.49. The van der Waals surface area contributed by atoms with E-state index in [9.17, 15) is 18.0 Å². The van der Waals surface area contributed by atoms with Crippen molar-refractivity contribution in [3.05, 3.63) is 78.3 Å². The van der Waals surface area contributed by atoms with E-state index in [1.165, 1.54) is 12.3 Å². The number of rotatable bonds is 6. The number of ether oxygens (including phenoxy) is 1. The molecule has 0 radical (unpaired) electrons. The molecular weight excluding hydrogens is 399 g/mol. The summed E-state index contributed by atoms with van der Waals surface area (Å²) < 4.78 is 51.5. The molecule has 0 aliphatic rings. The van der Waals surface area contributed by atoms with Gasteiger partial charge in [-0.05, 0) is 42.5 Å². The predicted octanol–water partition coefficient (Wildman–Crippen LogP) is 4.71. The van der Waals surface area contributed by atoms with E-state index in [1.807, 2.05) is 6.07 Å². The zero-order valence-corrected chi connectivity index (χ0v) is 15.5. The van der Waals surface area contributed by atoms with E-state index in [1.54, 1.807) is 41.0 Å². The Morgan fingerprint density at radius 1 is 1.10 bits per heavy atom. The number of aromatic nitrogens is 2. The van der Waals surface area contributed by atoms with E-state index >= 15 is 0 Å². The summed E-state index contributed by atoms with van der Waals surface area (Å²) in [6.07, 6.45) is -3.01. The number of amides is 1. The summed E-state index contributed by atoms with van der Waals surface area (Å²) in [5.41, 5.74) is -0.280. The van der Waals surface area contributed by atoms with Crippen LogP contribution in [-0.2, 0) is 17.5 Å². The van der Waals surface area contributed by atoms with Gasteiger partial charge in [-0.25, -0.2) is 4.98 Å². The van der Waals surface area contributed by atoms with Crippen LogP contribution in [0.15, 0.2) is 71.3 Å². The van der Waals surface area contributed by atoms with Gasteiger partial charge in [0.15, 0.2) is 6.61 Å². The molecule has 0 fully saturated rings. The van der Waals surface area contributed by atoms with Gasteiger partial charge in [0, 0.05) is 0 Å². The van der Waals surface area contributed by atoms with Crippen molar-refractivity contribution in [1.29, 1.82) is 0 Å². The van der Waals surface area contributed by atoms with Gasteiger partial charge in [0.05, 0.1) is 29.4 Å². The monoisotopic (exact) mass is 415 g/mol. The minimum Gasteiger partial charge on any atom is -0.484 e. The first-order valence-corrected chi connectivity index (χ1v) is 8.98. The highest BCUT2D eigenvalue weighted by molar-refractivity contribution is 5.92. The minimum absolute atomic E-state index is 0.0994. The third-order valence-corrected chi connectivity index (χ3v) is 4.33. The highest BCUT2D eigenvalue weighted by Crippen LogP contribution is 2.32. The van der Waals surface area contributed by atoms with Gasteiger partial charge in [-0.1, -0.05) is 18.2 Å². The number of nitrogens with zero attached hydrogens (tertiary/aromatic N) is 2. The number of carbonyl (C=O) groups excluding carboxylic acids is 1. The number of para-hydroxylation sites is 1. The van der Waals surface area contributed by atoms with E-state index in [0.717, 1.165) is 12.1 Å². The Morgan fingerprint density at radius 3 is 2.60 bits per heavy atom. The van der Waals surface area contributed by atoms with Crippen molar-refractivity contribution in [2.75, 3.05) is 11.9 Å². The zero-order chi connectivity index (χ0) is 21.1. The SMILES string of the molecule is O=C(COc1ccccc1)Nc1nc2cc(C(F)(F)F)ccc2n1Cc1ccco1. The fourth-order valence-corrected chi connectivity index (χ4v) is 2.95.